The van der Waals surface area contributed by atoms with Gasteiger partial charge in [0, 0.05) is 17.7 Å². The summed E-state index contributed by atoms with van der Waals surface area (Å²) in [5.41, 5.74) is 3.19. The molecule has 0 unspecified atom stereocenters. The van der Waals surface area contributed by atoms with Crippen molar-refractivity contribution in [1.82, 2.24) is 15.5 Å². The lowest BCUT2D eigenvalue weighted by atomic mass is 10.4. The Morgan fingerprint density at radius 1 is 1.48 bits per heavy atom. The van der Waals surface area contributed by atoms with Crippen molar-refractivity contribution in [2.75, 3.05) is 11.6 Å². The Bertz CT molecular complexity index is 574. The van der Waals surface area contributed by atoms with Crippen LogP contribution in [-0.4, -0.2) is 30.9 Å². The first-order chi connectivity index (χ1) is 9.84. The second kappa shape index (κ2) is 5.72. The summed E-state index contributed by atoms with van der Waals surface area (Å²) in [6.45, 7) is 8.33. The van der Waals surface area contributed by atoms with E-state index < -0.39 is 20.1 Å². The molecule has 8 heteroatoms. The first kappa shape index (κ1) is 15.3. The van der Waals surface area contributed by atoms with Crippen molar-refractivity contribution < 1.29 is 13.9 Å². The number of anilines is 1. The topological polar surface area (TPSA) is 57.7 Å². The van der Waals surface area contributed by atoms with Gasteiger partial charge >= 0.3 is 6.09 Å². The second-order valence-electron chi connectivity index (χ2n) is 5.57. The third-order valence-corrected chi connectivity index (χ3v) is 4.79. The number of pyridine rings is 1. The van der Waals surface area contributed by atoms with Gasteiger partial charge in [0.15, 0.2) is 0 Å². The van der Waals surface area contributed by atoms with E-state index in [9.17, 15) is 9.18 Å². The van der Waals surface area contributed by atoms with Crippen LogP contribution in [0, 0.1) is 5.95 Å². The van der Waals surface area contributed by atoms with Gasteiger partial charge in [-0.05, 0) is 19.1 Å². The summed E-state index contributed by atoms with van der Waals surface area (Å²) in [5.74, 6) is -0.651. The highest BCUT2D eigenvalue weighted by Crippen LogP contribution is 2.27. The van der Waals surface area contributed by atoms with Crippen molar-refractivity contribution in [2.24, 2.45) is 0 Å². The third kappa shape index (κ3) is 3.15. The Kier molecular flexibility index (Phi) is 4.17. The molecule has 0 radical (unpaired) electrons. The smallest absolute Gasteiger partial charge is 0.447 e. The molecule has 1 aromatic heterocycles. The van der Waals surface area contributed by atoms with E-state index in [-0.39, 0.29) is 12.3 Å². The van der Waals surface area contributed by atoms with Gasteiger partial charge in [-0.2, -0.15) is 4.39 Å². The van der Waals surface area contributed by atoms with E-state index in [1.165, 1.54) is 11.2 Å². The summed E-state index contributed by atoms with van der Waals surface area (Å²) in [5, 5.41) is 3.46. The summed E-state index contributed by atoms with van der Waals surface area (Å²) in [6, 6.07) is 3.17. The van der Waals surface area contributed by atoms with Gasteiger partial charge < -0.3 is 4.74 Å². The third-order valence-electron chi connectivity index (χ3n) is 2.93. The molecule has 0 bridgehead atoms. The minimum atomic E-state index is -1.71. The van der Waals surface area contributed by atoms with E-state index in [0.717, 1.165) is 10.4 Å². The number of nitrogens with zero attached hydrogens (tertiary/aromatic N) is 3. The molecule has 0 aliphatic carbocycles. The van der Waals surface area contributed by atoms with Crippen molar-refractivity contribution in [2.45, 2.75) is 26.6 Å². The van der Waals surface area contributed by atoms with Crippen LogP contribution in [0.1, 0.15) is 6.92 Å². The fourth-order valence-corrected chi connectivity index (χ4v) is 2.73. The van der Waals surface area contributed by atoms with Crippen LogP contribution in [0.15, 0.2) is 29.8 Å². The normalized spacial score (nSPS) is 14.8. The molecule has 2 heterocycles. The van der Waals surface area contributed by atoms with Crippen LogP contribution in [0.2, 0.25) is 19.6 Å². The van der Waals surface area contributed by atoms with E-state index in [0.29, 0.717) is 0 Å². The minimum Gasteiger partial charge on any atom is -0.447 e. The van der Waals surface area contributed by atoms with Crippen molar-refractivity contribution in [1.29, 1.82) is 0 Å². The highest BCUT2D eigenvalue weighted by atomic mass is 28.3. The largest absolute Gasteiger partial charge is 0.449 e. The zero-order valence-electron chi connectivity index (χ0n) is 12.6. The van der Waals surface area contributed by atoms with Crippen LogP contribution >= 0.6 is 0 Å². The Hall–Kier alpha value is -2.09. The molecule has 1 aromatic rings. The molecule has 1 aliphatic heterocycles. The standard InChI is InChI=1S/C13H19FN4O2Si/c1-5-20-13(19)18-16-11(21(2,3)4)9-17(18)10-7-6-8-15-12(10)14/h6-9,16H,5H2,1-4H3. The SMILES string of the molecule is CCOC(=O)N1NC([Si](C)(C)C)=CN1c1cccnc1F. The number of hydrogen-bond donors (Lipinski definition) is 1. The predicted molar refractivity (Wildman–Crippen MR) is 80.1 cm³/mol. The highest BCUT2D eigenvalue weighted by molar-refractivity contribution is 6.83. The lowest BCUT2D eigenvalue weighted by Crippen LogP contribution is -2.49. The molecule has 0 aromatic carbocycles. The number of ether oxygens (including phenoxy) is 1. The van der Waals surface area contributed by atoms with E-state index in [4.69, 9.17) is 4.74 Å². The fourth-order valence-electron chi connectivity index (χ4n) is 1.78. The highest BCUT2D eigenvalue weighted by Gasteiger charge is 2.35. The van der Waals surface area contributed by atoms with E-state index >= 15 is 0 Å². The molecule has 6 nitrogen and oxygen atoms in total. The number of aromatic nitrogens is 1. The fraction of sp³-hybridized carbons (Fsp3) is 0.385. The second-order valence-corrected chi connectivity index (χ2v) is 10.6. The Morgan fingerprint density at radius 2 is 2.19 bits per heavy atom. The van der Waals surface area contributed by atoms with Gasteiger partial charge in [0.25, 0.3) is 0 Å². The monoisotopic (exact) mass is 310 g/mol. The molecular formula is C13H19FN4O2Si. The number of hydrogen-bond acceptors (Lipinski definition) is 5. The molecule has 1 N–H and O–H groups in total. The average Bonchev–Trinajstić information content (AvgIpc) is 2.84. The maximum Gasteiger partial charge on any atom is 0.449 e. The van der Waals surface area contributed by atoms with Gasteiger partial charge in [0.1, 0.15) is 13.8 Å². The van der Waals surface area contributed by atoms with Crippen LogP contribution in [0.4, 0.5) is 14.9 Å². The average molecular weight is 310 g/mol. The van der Waals surface area contributed by atoms with Crippen molar-refractivity contribution in [3.63, 3.8) is 0 Å². The van der Waals surface area contributed by atoms with E-state index in [1.54, 1.807) is 25.3 Å². The van der Waals surface area contributed by atoms with Crippen LogP contribution < -0.4 is 10.4 Å². The molecule has 0 fully saturated rings. The molecular weight excluding hydrogens is 291 g/mol. The van der Waals surface area contributed by atoms with Crippen LogP contribution in [0.5, 0.6) is 0 Å². The molecule has 0 spiro atoms. The van der Waals surface area contributed by atoms with Crippen molar-refractivity contribution >= 4 is 19.9 Å². The summed E-state index contributed by atoms with van der Waals surface area (Å²) >= 11 is 0. The summed E-state index contributed by atoms with van der Waals surface area (Å²) in [4.78, 5) is 15.7. The number of hydrazine groups is 2. The Morgan fingerprint density at radius 3 is 2.76 bits per heavy atom. The lowest BCUT2D eigenvalue weighted by Gasteiger charge is -2.28. The number of carbonyl (C=O) groups is 1. The zero-order chi connectivity index (χ0) is 15.6. The van der Waals surface area contributed by atoms with Crippen LogP contribution in [-0.2, 0) is 4.74 Å². The molecule has 0 saturated carbocycles. The van der Waals surface area contributed by atoms with Gasteiger partial charge in [-0.1, -0.05) is 19.6 Å². The quantitative estimate of drug-likeness (QED) is 0.687. The van der Waals surface area contributed by atoms with Gasteiger partial charge in [0.05, 0.1) is 6.61 Å². The van der Waals surface area contributed by atoms with E-state index in [1.807, 2.05) is 0 Å². The number of nitrogens with one attached hydrogen (secondary N) is 1. The number of amides is 1. The zero-order valence-corrected chi connectivity index (χ0v) is 13.6. The lowest BCUT2D eigenvalue weighted by molar-refractivity contribution is 0.0973. The summed E-state index contributed by atoms with van der Waals surface area (Å²) in [6.07, 6.45) is 2.49. The molecule has 114 valence electrons. The maximum atomic E-state index is 13.9. The number of rotatable bonds is 3. The van der Waals surface area contributed by atoms with Crippen LogP contribution in [0.3, 0.4) is 0 Å². The number of halogens is 1. The summed E-state index contributed by atoms with van der Waals surface area (Å²) < 4.78 is 18.9. The molecule has 0 saturated heterocycles. The summed E-state index contributed by atoms with van der Waals surface area (Å²) in [7, 11) is -1.71. The molecule has 1 aliphatic rings. The van der Waals surface area contributed by atoms with Crippen molar-refractivity contribution in [3.05, 3.63) is 35.8 Å². The van der Waals surface area contributed by atoms with Crippen molar-refractivity contribution in [3.8, 4) is 0 Å². The Labute approximate surface area is 124 Å². The predicted octanol–water partition coefficient (Wildman–Crippen LogP) is 2.64. The molecule has 21 heavy (non-hydrogen) atoms. The first-order valence-corrected chi connectivity index (χ1v) is 10.2. The Balaban J connectivity index is 2.39. The number of carbonyl (C=O) groups excluding carboxylic acids is 1. The van der Waals surface area contributed by atoms with Crippen LogP contribution in [0.25, 0.3) is 0 Å². The van der Waals surface area contributed by atoms with Gasteiger partial charge in [-0.15, -0.1) is 5.12 Å². The molecule has 2 rings (SSSR count). The van der Waals surface area contributed by atoms with Gasteiger partial charge in [-0.25, -0.2) is 14.8 Å². The molecule has 0 atom stereocenters. The maximum absolute atomic E-state index is 13.9. The van der Waals surface area contributed by atoms with Gasteiger partial charge in [0.2, 0.25) is 5.95 Å². The first-order valence-electron chi connectivity index (χ1n) is 6.70. The minimum absolute atomic E-state index is 0.186. The van der Waals surface area contributed by atoms with Gasteiger partial charge in [-0.3, -0.25) is 5.43 Å². The van der Waals surface area contributed by atoms with E-state index in [2.05, 4.69) is 30.1 Å². The molecule has 1 amide bonds.